The zero-order chi connectivity index (χ0) is 12.1. The van der Waals surface area contributed by atoms with Crippen LogP contribution in [0.1, 0.15) is 11.9 Å². The van der Waals surface area contributed by atoms with Crippen molar-refractivity contribution < 1.29 is 9.53 Å². The van der Waals surface area contributed by atoms with Crippen LogP contribution in [0.3, 0.4) is 0 Å². The van der Waals surface area contributed by atoms with Crippen LogP contribution in [0.25, 0.3) is 11.4 Å². The van der Waals surface area contributed by atoms with Gasteiger partial charge in [-0.3, -0.25) is 14.8 Å². The topological polar surface area (TPSA) is 65.0 Å². The first kappa shape index (κ1) is 11.7. The monoisotopic (exact) mass is 249 g/mol. The number of esters is 1. The van der Waals surface area contributed by atoms with E-state index in [1.165, 1.54) is 11.3 Å². The van der Waals surface area contributed by atoms with Gasteiger partial charge in [-0.1, -0.05) is 0 Å². The van der Waals surface area contributed by atoms with Gasteiger partial charge in [0.2, 0.25) is 0 Å². The quantitative estimate of drug-likeness (QED) is 0.772. The summed E-state index contributed by atoms with van der Waals surface area (Å²) in [7, 11) is 0. The van der Waals surface area contributed by atoms with Crippen LogP contribution in [-0.2, 0) is 16.0 Å². The van der Waals surface area contributed by atoms with E-state index in [1.54, 1.807) is 25.5 Å². The molecule has 88 valence electrons. The molecule has 5 nitrogen and oxygen atoms in total. The molecule has 17 heavy (non-hydrogen) atoms. The number of carbonyl (C=O) groups is 1. The Morgan fingerprint density at radius 1 is 1.41 bits per heavy atom. The smallest absolute Gasteiger partial charge is 0.312 e. The van der Waals surface area contributed by atoms with Crippen molar-refractivity contribution in [2.24, 2.45) is 0 Å². The number of aromatic nitrogens is 3. The second kappa shape index (κ2) is 5.49. The minimum Gasteiger partial charge on any atom is -0.466 e. The number of nitrogens with zero attached hydrogens (tertiary/aromatic N) is 3. The highest BCUT2D eigenvalue weighted by molar-refractivity contribution is 7.10. The molecule has 2 heterocycles. The summed E-state index contributed by atoms with van der Waals surface area (Å²) in [4.78, 5) is 23.7. The fraction of sp³-hybridized carbons (Fsp3) is 0.273. The van der Waals surface area contributed by atoms with Crippen LogP contribution >= 0.6 is 11.3 Å². The van der Waals surface area contributed by atoms with Gasteiger partial charge in [0.1, 0.15) is 16.4 Å². The molecule has 0 bridgehead atoms. The Balaban J connectivity index is 2.09. The van der Waals surface area contributed by atoms with Gasteiger partial charge >= 0.3 is 5.97 Å². The number of ether oxygens (including phenoxy) is 1. The molecule has 2 aromatic rings. The average Bonchev–Trinajstić information content (AvgIpc) is 2.79. The largest absolute Gasteiger partial charge is 0.466 e. The van der Waals surface area contributed by atoms with E-state index in [9.17, 15) is 4.79 Å². The van der Waals surface area contributed by atoms with Gasteiger partial charge in [0.15, 0.2) is 0 Å². The molecule has 0 aliphatic carbocycles. The maximum absolute atomic E-state index is 11.3. The minimum atomic E-state index is -0.257. The molecule has 0 saturated heterocycles. The molecular formula is C11H11N3O2S. The summed E-state index contributed by atoms with van der Waals surface area (Å²) in [6.07, 6.45) is 5.07. The lowest BCUT2D eigenvalue weighted by molar-refractivity contribution is -0.142. The fourth-order valence-corrected chi connectivity index (χ4v) is 2.05. The number of rotatable bonds is 4. The summed E-state index contributed by atoms with van der Waals surface area (Å²) >= 11 is 1.42. The van der Waals surface area contributed by atoms with Crippen molar-refractivity contribution in [1.29, 1.82) is 0 Å². The molecule has 0 atom stereocenters. The summed E-state index contributed by atoms with van der Waals surface area (Å²) in [6, 6.07) is 0. The summed E-state index contributed by atoms with van der Waals surface area (Å²) in [5, 5.41) is 2.59. The van der Waals surface area contributed by atoms with E-state index >= 15 is 0 Å². The van der Waals surface area contributed by atoms with E-state index in [0.29, 0.717) is 12.3 Å². The molecular weight excluding hydrogens is 238 g/mol. The Labute approximate surface area is 103 Å². The molecule has 2 aromatic heterocycles. The van der Waals surface area contributed by atoms with Crippen LogP contribution in [0.4, 0.5) is 0 Å². The van der Waals surface area contributed by atoms with E-state index in [0.717, 1.165) is 10.7 Å². The van der Waals surface area contributed by atoms with Crippen LogP contribution in [-0.4, -0.2) is 27.5 Å². The van der Waals surface area contributed by atoms with E-state index in [2.05, 4.69) is 15.0 Å². The Hall–Kier alpha value is -1.82. The Bertz CT molecular complexity index is 498. The van der Waals surface area contributed by atoms with E-state index < -0.39 is 0 Å². The van der Waals surface area contributed by atoms with Gasteiger partial charge in [-0.15, -0.1) is 11.3 Å². The predicted octanol–water partition coefficient (Wildman–Crippen LogP) is 1.71. The molecule has 0 aromatic carbocycles. The van der Waals surface area contributed by atoms with Crippen LogP contribution < -0.4 is 0 Å². The minimum absolute atomic E-state index is 0.207. The first-order valence-electron chi connectivity index (χ1n) is 5.16. The van der Waals surface area contributed by atoms with Crippen LogP contribution in [0, 0.1) is 0 Å². The van der Waals surface area contributed by atoms with Crippen molar-refractivity contribution in [3.8, 4) is 11.4 Å². The van der Waals surface area contributed by atoms with Crippen molar-refractivity contribution in [1.82, 2.24) is 15.0 Å². The second-order valence-electron chi connectivity index (χ2n) is 3.20. The molecule has 0 aliphatic rings. The highest BCUT2D eigenvalue weighted by atomic mass is 32.1. The van der Waals surface area contributed by atoms with E-state index in [4.69, 9.17) is 4.74 Å². The van der Waals surface area contributed by atoms with Crippen LogP contribution in [0.5, 0.6) is 0 Å². The molecule has 0 unspecified atom stereocenters. The molecule has 0 fully saturated rings. The summed E-state index contributed by atoms with van der Waals surface area (Å²) in [6.45, 7) is 2.17. The third kappa shape index (κ3) is 3.07. The van der Waals surface area contributed by atoms with Gasteiger partial charge in [0.05, 0.1) is 19.2 Å². The fourth-order valence-electron chi connectivity index (χ4n) is 1.28. The first-order valence-corrected chi connectivity index (χ1v) is 6.04. The molecule has 6 heteroatoms. The Morgan fingerprint density at radius 3 is 3.00 bits per heavy atom. The molecule has 0 saturated carbocycles. The third-order valence-corrected chi connectivity index (χ3v) is 2.83. The van der Waals surface area contributed by atoms with Gasteiger partial charge in [-0.05, 0) is 6.92 Å². The maximum atomic E-state index is 11.3. The molecule has 0 spiro atoms. The number of hydrogen-bond donors (Lipinski definition) is 0. The van der Waals surface area contributed by atoms with Crippen molar-refractivity contribution >= 4 is 17.3 Å². The van der Waals surface area contributed by atoms with Gasteiger partial charge in [0.25, 0.3) is 0 Å². The molecule has 2 rings (SSSR count). The molecule has 0 radical (unpaired) electrons. The highest BCUT2D eigenvalue weighted by Crippen LogP contribution is 2.19. The third-order valence-electron chi connectivity index (χ3n) is 1.98. The van der Waals surface area contributed by atoms with Gasteiger partial charge in [0, 0.05) is 17.8 Å². The van der Waals surface area contributed by atoms with Crippen molar-refractivity contribution in [3.05, 3.63) is 29.0 Å². The van der Waals surface area contributed by atoms with Crippen LogP contribution in [0.2, 0.25) is 0 Å². The molecule has 0 N–H and O–H groups in total. The lowest BCUT2D eigenvalue weighted by atomic mass is 10.3. The molecule has 0 amide bonds. The van der Waals surface area contributed by atoms with Crippen molar-refractivity contribution in [3.63, 3.8) is 0 Å². The zero-order valence-corrected chi connectivity index (χ0v) is 10.1. The zero-order valence-electron chi connectivity index (χ0n) is 9.29. The summed E-state index contributed by atoms with van der Waals surface area (Å²) in [5.41, 5.74) is 1.45. The first-order chi connectivity index (χ1) is 8.29. The SMILES string of the molecule is CCOC(=O)Cc1nc(-c2cnccn2)cs1. The predicted molar refractivity (Wildman–Crippen MR) is 63.5 cm³/mol. The maximum Gasteiger partial charge on any atom is 0.312 e. The lowest BCUT2D eigenvalue weighted by Crippen LogP contribution is -2.07. The standard InChI is InChI=1S/C11H11N3O2S/c1-2-16-11(15)5-10-14-9(7-17-10)8-6-12-3-4-13-8/h3-4,6-7H,2,5H2,1H3. The average molecular weight is 249 g/mol. The summed E-state index contributed by atoms with van der Waals surface area (Å²) < 4.78 is 4.86. The Morgan fingerprint density at radius 2 is 2.29 bits per heavy atom. The summed E-state index contributed by atoms with van der Waals surface area (Å²) in [5.74, 6) is -0.257. The van der Waals surface area contributed by atoms with Crippen LogP contribution in [0.15, 0.2) is 24.0 Å². The van der Waals surface area contributed by atoms with E-state index in [1.807, 2.05) is 5.38 Å². The van der Waals surface area contributed by atoms with Crippen molar-refractivity contribution in [2.45, 2.75) is 13.3 Å². The second-order valence-corrected chi connectivity index (χ2v) is 4.14. The normalized spacial score (nSPS) is 10.2. The Kier molecular flexibility index (Phi) is 3.77. The van der Waals surface area contributed by atoms with E-state index in [-0.39, 0.29) is 12.4 Å². The van der Waals surface area contributed by atoms with Gasteiger partial charge in [-0.2, -0.15) is 0 Å². The molecule has 0 aliphatic heterocycles. The number of carbonyl (C=O) groups excluding carboxylic acids is 1. The van der Waals surface area contributed by atoms with Gasteiger partial charge < -0.3 is 4.74 Å². The highest BCUT2D eigenvalue weighted by Gasteiger charge is 2.10. The number of thiazole rings is 1. The van der Waals surface area contributed by atoms with Crippen molar-refractivity contribution in [2.75, 3.05) is 6.61 Å². The number of hydrogen-bond acceptors (Lipinski definition) is 6. The lowest BCUT2D eigenvalue weighted by Gasteiger charge is -1.97. The van der Waals surface area contributed by atoms with Gasteiger partial charge in [-0.25, -0.2) is 4.98 Å².